The first-order valence-electron chi connectivity index (χ1n) is 7.29. The van der Waals surface area contributed by atoms with Crippen LogP contribution >= 0.6 is 0 Å². The van der Waals surface area contributed by atoms with E-state index < -0.39 is 5.54 Å². The van der Waals surface area contributed by atoms with E-state index >= 15 is 0 Å². The highest BCUT2D eigenvalue weighted by Gasteiger charge is 2.32. The lowest BCUT2D eigenvalue weighted by Gasteiger charge is -2.33. The second kappa shape index (κ2) is 7.22. The molecule has 5 heteroatoms. The molecule has 1 saturated heterocycles. The summed E-state index contributed by atoms with van der Waals surface area (Å²) >= 11 is 0. The lowest BCUT2D eigenvalue weighted by atomic mass is 9.99. The number of hydrogen-bond donors (Lipinski definition) is 2. The molecular formula is C14H30N4O. The van der Waals surface area contributed by atoms with Gasteiger partial charge in [-0.1, -0.05) is 6.92 Å². The summed E-state index contributed by atoms with van der Waals surface area (Å²) in [6.45, 7) is 8.84. The van der Waals surface area contributed by atoms with Crippen LogP contribution in [0.5, 0.6) is 0 Å². The maximum absolute atomic E-state index is 11.7. The molecule has 5 nitrogen and oxygen atoms in total. The Labute approximate surface area is 117 Å². The summed E-state index contributed by atoms with van der Waals surface area (Å²) in [7, 11) is 4.24. The van der Waals surface area contributed by atoms with E-state index in [0.717, 1.165) is 26.1 Å². The molecule has 0 aromatic carbocycles. The zero-order valence-corrected chi connectivity index (χ0v) is 12.9. The third-order valence-electron chi connectivity index (χ3n) is 3.95. The van der Waals surface area contributed by atoms with Crippen LogP contribution in [0.15, 0.2) is 0 Å². The van der Waals surface area contributed by atoms with Crippen molar-refractivity contribution in [1.82, 2.24) is 15.1 Å². The van der Waals surface area contributed by atoms with Gasteiger partial charge < -0.3 is 20.9 Å². The van der Waals surface area contributed by atoms with E-state index in [4.69, 9.17) is 5.73 Å². The van der Waals surface area contributed by atoms with Crippen LogP contribution in [0.25, 0.3) is 0 Å². The maximum Gasteiger partial charge on any atom is 0.238 e. The van der Waals surface area contributed by atoms with Crippen molar-refractivity contribution in [3.63, 3.8) is 0 Å². The Morgan fingerprint density at radius 1 is 1.58 bits per heavy atom. The Hall–Kier alpha value is -0.650. The van der Waals surface area contributed by atoms with Crippen molar-refractivity contribution in [1.29, 1.82) is 0 Å². The number of likely N-dealkylation sites (tertiary alicyclic amines) is 1. The third kappa shape index (κ3) is 5.09. The van der Waals surface area contributed by atoms with Crippen molar-refractivity contribution in [3.8, 4) is 0 Å². The number of carbonyl (C=O) groups excluding carboxylic acids is 1. The van der Waals surface area contributed by atoms with Crippen LogP contribution in [-0.4, -0.2) is 68.1 Å². The van der Waals surface area contributed by atoms with Gasteiger partial charge in [-0.2, -0.15) is 0 Å². The molecule has 1 fully saturated rings. The summed E-state index contributed by atoms with van der Waals surface area (Å²) in [5.74, 6) is 0.439. The first-order chi connectivity index (χ1) is 8.87. The van der Waals surface area contributed by atoms with Gasteiger partial charge in [-0.05, 0) is 52.9 Å². The van der Waals surface area contributed by atoms with Gasteiger partial charge in [-0.3, -0.25) is 4.79 Å². The topological polar surface area (TPSA) is 61.6 Å². The Balaban J connectivity index is 2.46. The summed E-state index contributed by atoms with van der Waals surface area (Å²) in [6.07, 6.45) is 2.25. The molecule has 0 spiro atoms. The number of rotatable bonds is 8. The van der Waals surface area contributed by atoms with E-state index in [0.29, 0.717) is 12.5 Å². The van der Waals surface area contributed by atoms with Gasteiger partial charge in [0.15, 0.2) is 0 Å². The monoisotopic (exact) mass is 270 g/mol. The second-order valence-corrected chi connectivity index (χ2v) is 6.24. The predicted molar refractivity (Wildman–Crippen MR) is 79.0 cm³/mol. The Morgan fingerprint density at radius 2 is 2.26 bits per heavy atom. The zero-order valence-electron chi connectivity index (χ0n) is 12.9. The largest absolute Gasteiger partial charge is 0.368 e. The molecule has 0 aliphatic carbocycles. The predicted octanol–water partition coefficient (Wildman–Crippen LogP) is 0.114. The number of nitrogens with zero attached hydrogens (tertiary/aromatic N) is 2. The van der Waals surface area contributed by atoms with E-state index in [-0.39, 0.29) is 5.91 Å². The van der Waals surface area contributed by atoms with E-state index in [9.17, 15) is 4.79 Å². The number of likely N-dealkylation sites (N-methyl/N-ethyl adjacent to an activating group) is 1. The van der Waals surface area contributed by atoms with Crippen molar-refractivity contribution < 1.29 is 4.79 Å². The fraction of sp³-hybridized carbons (Fsp3) is 0.929. The molecule has 112 valence electrons. The molecule has 0 saturated carbocycles. The highest BCUT2D eigenvalue weighted by Crippen LogP contribution is 2.16. The van der Waals surface area contributed by atoms with Crippen LogP contribution in [-0.2, 0) is 4.79 Å². The summed E-state index contributed by atoms with van der Waals surface area (Å²) in [5.41, 5.74) is 4.92. The summed E-state index contributed by atoms with van der Waals surface area (Å²) in [6, 6.07) is 0. The minimum absolute atomic E-state index is 0.267. The number of primary amides is 1. The van der Waals surface area contributed by atoms with Crippen molar-refractivity contribution in [2.45, 2.75) is 32.2 Å². The molecule has 1 heterocycles. The normalized spacial score (nSPS) is 23.7. The summed E-state index contributed by atoms with van der Waals surface area (Å²) in [4.78, 5) is 16.3. The first-order valence-corrected chi connectivity index (χ1v) is 7.29. The van der Waals surface area contributed by atoms with E-state index in [1.807, 2.05) is 6.92 Å². The van der Waals surface area contributed by atoms with Crippen molar-refractivity contribution in [3.05, 3.63) is 0 Å². The van der Waals surface area contributed by atoms with Crippen LogP contribution in [0.3, 0.4) is 0 Å². The summed E-state index contributed by atoms with van der Waals surface area (Å²) in [5, 5.41) is 3.28. The van der Waals surface area contributed by atoms with Crippen LogP contribution in [0.4, 0.5) is 0 Å². The van der Waals surface area contributed by atoms with Crippen molar-refractivity contribution in [2.24, 2.45) is 11.7 Å². The van der Waals surface area contributed by atoms with Gasteiger partial charge >= 0.3 is 0 Å². The number of carbonyl (C=O) groups is 1. The van der Waals surface area contributed by atoms with Gasteiger partial charge in [0, 0.05) is 19.6 Å². The van der Waals surface area contributed by atoms with Crippen LogP contribution < -0.4 is 11.1 Å². The molecule has 2 unspecified atom stereocenters. The Kier molecular flexibility index (Phi) is 6.23. The van der Waals surface area contributed by atoms with Crippen molar-refractivity contribution in [2.75, 3.05) is 46.8 Å². The number of nitrogens with one attached hydrogen (secondary N) is 1. The molecule has 0 bridgehead atoms. The van der Waals surface area contributed by atoms with E-state index in [1.165, 1.54) is 13.0 Å². The minimum Gasteiger partial charge on any atom is -0.368 e. The first kappa shape index (κ1) is 16.4. The van der Waals surface area contributed by atoms with Gasteiger partial charge in [0.25, 0.3) is 0 Å². The van der Waals surface area contributed by atoms with Crippen LogP contribution in [0.1, 0.15) is 26.7 Å². The lowest BCUT2D eigenvalue weighted by molar-refractivity contribution is -0.124. The molecule has 0 aromatic heterocycles. The van der Waals surface area contributed by atoms with Gasteiger partial charge in [-0.15, -0.1) is 0 Å². The Morgan fingerprint density at radius 3 is 2.74 bits per heavy atom. The summed E-state index contributed by atoms with van der Waals surface area (Å²) < 4.78 is 0. The molecular weight excluding hydrogens is 240 g/mol. The average molecular weight is 270 g/mol. The lowest BCUT2D eigenvalue weighted by Crippen LogP contribution is -2.59. The van der Waals surface area contributed by atoms with Gasteiger partial charge in [0.2, 0.25) is 5.91 Å². The molecule has 1 aliphatic heterocycles. The number of amides is 1. The maximum atomic E-state index is 11.7. The average Bonchev–Trinajstić information content (AvgIpc) is 2.71. The van der Waals surface area contributed by atoms with E-state index in [2.05, 4.69) is 36.1 Å². The fourth-order valence-electron chi connectivity index (χ4n) is 2.84. The molecule has 2 atom stereocenters. The molecule has 1 amide bonds. The van der Waals surface area contributed by atoms with Crippen molar-refractivity contribution >= 4 is 5.91 Å². The molecule has 0 aromatic rings. The fourth-order valence-corrected chi connectivity index (χ4v) is 2.84. The Bertz CT molecular complexity index is 297. The minimum atomic E-state index is -0.630. The molecule has 1 rings (SSSR count). The molecule has 19 heavy (non-hydrogen) atoms. The van der Waals surface area contributed by atoms with E-state index in [1.54, 1.807) is 0 Å². The third-order valence-corrected chi connectivity index (χ3v) is 3.95. The zero-order chi connectivity index (χ0) is 14.5. The van der Waals surface area contributed by atoms with Gasteiger partial charge in [0.05, 0.1) is 0 Å². The van der Waals surface area contributed by atoms with Crippen LogP contribution in [0, 0.1) is 5.92 Å². The van der Waals surface area contributed by atoms with Gasteiger partial charge in [0.1, 0.15) is 5.54 Å². The molecule has 1 aliphatic rings. The molecule has 0 radical (unpaired) electrons. The van der Waals surface area contributed by atoms with Crippen LogP contribution in [0.2, 0.25) is 0 Å². The number of hydrogen-bond acceptors (Lipinski definition) is 4. The smallest absolute Gasteiger partial charge is 0.238 e. The second-order valence-electron chi connectivity index (χ2n) is 6.24. The highest BCUT2D eigenvalue weighted by atomic mass is 16.1. The molecule has 3 N–H and O–H groups in total. The van der Waals surface area contributed by atoms with Gasteiger partial charge in [-0.25, -0.2) is 0 Å². The SMILES string of the molecule is CCCNC(C)(CN(C)CC1CCN(C)C1)C(N)=O. The highest BCUT2D eigenvalue weighted by molar-refractivity contribution is 5.84. The quantitative estimate of drug-likeness (QED) is 0.657. The standard InChI is InChI=1S/C14H30N4O/c1-5-7-16-14(2,13(15)19)11-18(4)10-12-6-8-17(3)9-12/h12,16H,5-11H2,1-4H3,(H2,15,19). The number of nitrogens with two attached hydrogens (primary N) is 1.